The molecule has 0 aromatic heterocycles. The number of carbonyl (C=O) groups is 2. The van der Waals surface area contributed by atoms with Gasteiger partial charge in [-0.25, -0.2) is 4.79 Å². The highest BCUT2D eigenvalue weighted by molar-refractivity contribution is 6.31. The van der Waals surface area contributed by atoms with Crippen LogP contribution in [0.2, 0.25) is 5.02 Å². The monoisotopic (exact) mass is 348 g/mol. The molecule has 24 heavy (non-hydrogen) atoms. The molecule has 0 unspecified atom stereocenters. The first-order chi connectivity index (χ1) is 11.4. The Morgan fingerprint density at radius 1 is 1.08 bits per heavy atom. The second kappa shape index (κ2) is 7.42. The van der Waals surface area contributed by atoms with Crippen LogP contribution >= 0.6 is 11.6 Å². The third kappa shape index (κ3) is 4.20. The van der Waals surface area contributed by atoms with E-state index in [0.717, 1.165) is 6.07 Å². The molecule has 0 bridgehead atoms. The predicted octanol–water partition coefficient (Wildman–Crippen LogP) is 3.25. The average Bonchev–Trinajstić information content (AvgIpc) is 2.54. The number of hydrogen-bond acceptors (Lipinski definition) is 4. The van der Waals surface area contributed by atoms with Crippen LogP contribution in [0, 0.1) is 10.1 Å². The molecule has 0 saturated heterocycles. The Morgan fingerprint density at radius 2 is 1.75 bits per heavy atom. The lowest BCUT2D eigenvalue weighted by atomic mass is 10.1. The van der Waals surface area contributed by atoms with Crippen LogP contribution in [0.25, 0.3) is 0 Å². The fourth-order valence-electron chi connectivity index (χ4n) is 1.91. The van der Waals surface area contributed by atoms with Crippen molar-refractivity contribution in [2.75, 3.05) is 17.7 Å². The summed E-state index contributed by atoms with van der Waals surface area (Å²) in [6.45, 7) is 0. The highest BCUT2D eigenvalue weighted by Crippen LogP contribution is 2.24. The van der Waals surface area contributed by atoms with Crippen LogP contribution < -0.4 is 16.0 Å². The van der Waals surface area contributed by atoms with Gasteiger partial charge < -0.3 is 16.0 Å². The molecule has 0 atom stereocenters. The molecule has 0 aliphatic heterocycles. The van der Waals surface area contributed by atoms with Crippen LogP contribution in [-0.4, -0.2) is 23.9 Å². The van der Waals surface area contributed by atoms with E-state index in [4.69, 9.17) is 11.6 Å². The zero-order valence-electron chi connectivity index (χ0n) is 12.5. The van der Waals surface area contributed by atoms with Crippen molar-refractivity contribution in [1.82, 2.24) is 5.32 Å². The van der Waals surface area contributed by atoms with E-state index in [1.807, 2.05) is 0 Å². The van der Waals surface area contributed by atoms with Crippen molar-refractivity contribution < 1.29 is 14.5 Å². The SMILES string of the molecule is CNC(=O)Nc1cccc(NC(=O)c2ccc(Cl)cc2[N+](=O)[O-])c1. The molecular formula is C15H13ClN4O4. The topological polar surface area (TPSA) is 113 Å². The molecule has 2 rings (SSSR count). The smallest absolute Gasteiger partial charge is 0.318 e. The van der Waals surface area contributed by atoms with E-state index >= 15 is 0 Å². The summed E-state index contributed by atoms with van der Waals surface area (Å²) in [5, 5.41) is 18.7. The van der Waals surface area contributed by atoms with E-state index in [0.29, 0.717) is 11.4 Å². The zero-order valence-corrected chi connectivity index (χ0v) is 13.3. The Bertz CT molecular complexity index is 810. The second-order valence-corrected chi connectivity index (χ2v) is 5.09. The third-order valence-electron chi connectivity index (χ3n) is 3.01. The van der Waals surface area contributed by atoms with Gasteiger partial charge in [0.1, 0.15) is 5.56 Å². The van der Waals surface area contributed by atoms with Crippen LogP contribution in [0.5, 0.6) is 0 Å². The number of amides is 3. The fourth-order valence-corrected chi connectivity index (χ4v) is 2.08. The fraction of sp³-hybridized carbons (Fsp3) is 0.0667. The Labute approximate surface area is 142 Å². The Morgan fingerprint density at radius 3 is 2.38 bits per heavy atom. The Kier molecular flexibility index (Phi) is 5.33. The number of halogens is 1. The van der Waals surface area contributed by atoms with Crippen molar-refractivity contribution >= 4 is 40.6 Å². The number of nitrogens with zero attached hydrogens (tertiary/aromatic N) is 1. The molecule has 0 spiro atoms. The van der Waals surface area contributed by atoms with Gasteiger partial charge in [-0.05, 0) is 30.3 Å². The number of anilines is 2. The number of nitro groups is 1. The number of hydrogen-bond donors (Lipinski definition) is 3. The maximum Gasteiger partial charge on any atom is 0.318 e. The van der Waals surface area contributed by atoms with Crippen molar-refractivity contribution in [3.8, 4) is 0 Å². The molecular weight excluding hydrogens is 336 g/mol. The van der Waals surface area contributed by atoms with E-state index < -0.39 is 16.9 Å². The van der Waals surface area contributed by atoms with Crippen molar-refractivity contribution in [3.05, 3.63) is 63.2 Å². The van der Waals surface area contributed by atoms with Crippen LogP contribution in [0.15, 0.2) is 42.5 Å². The summed E-state index contributed by atoms with van der Waals surface area (Å²) in [6, 6.07) is 9.75. The van der Waals surface area contributed by atoms with Crippen molar-refractivity contribution in [2.45, 2.75) is 0 Å². The van der Waals surface area contributed by atoms with E-state index in [2.05, 4.69) is 16.0 Å². The lowest BCUT2D eigenvalue weighted by Gasteiger charge is -2.09. The molecule has 9 heteroatoms. The van der Waals surface area contributed by atoms with Gasteiger partial charge in [-0.2, -0.15) is 0 Å². The Hall–Kier alpha value is -3.13. The summed E-state index contributed by atoms with van der Waals surface area (Å²) >= 11 is 5.73. The number of nitro benzene ring substituents is 1. The minimum Gasteiger partial charge on any atom is -0.341 e. The molecule has 8 nitrogen and oxygen atoms in total. The summed E-state index contributed by atoms with van der Waals surface area (Å²) < 4.78 is 0. The maximum absolute atomic E-state index is 12.3. The number of urea groups is 1. The van der Waals surface area contributed by atoms with Gasteiger partial charge in [-0.3, -0.25) is 14.9 Å². The van der Waals surface area contributed by atoms with Crippen LogP contribution in [0.3, 0.4) is 0 Å². The van der Waals surface area contributed by atoms with Gasteiger partial charge in [-0.15, -0.1) is 0 Å². The summed E-state index contributed by atoms with van der Waals surface area (Å²) in [5.41, 5.74) is 0.324. The first-order valence-electron chi connectivity index (χ1n) is 6.75. The minimum absolute atomic E-state index is 0.117. The molecule has 2 aromatic carbocycles. The van der Waals surface area contributed by atoms with Gasteiger partial charge in [0, 0.05) is 29.5 Å². The van der Waals surface area contributed by atoms with Gasteiger partial charge in [-0.1, -0.05) is 17.7 Å². The number of rotatable bonds is 4. The quantitative estimate of drug-likeness (QED) is 0.581. The first kappa shape index (κ1) is 17.2. The van der Waals surface area contributed by atoms with Crippen molar-refractivity contribution in [2.24, 2.45) is 0 Å². The van der Waals surface area contributed by atoms with Gasteiger partial charge in [0.25, 0.3) is 11.6 Å². The van der Waals surface area contributed by atoms with Crippen molar-refractivity contribution in [3.63, 3.8) is 0 Å². The van der Waals surface area contributed by atoms with Gasteiger partial charge in [0.2, 0.25) is 0 Å². The van der Waals surface area contributed by atoms with Crippen LogP contribution in [-0.2, 0) is 0 Å². The van der Waals surface area contributed by atoms with Gasteiger partial charge in [0.15, 0.2) is 0 Å². The number of carbonyl (C=O) groups excluding carboxylic acids is 2. The molecule has 0 radical (unpaired) electrons. The van der Waals surface area contributed by atoms with E-state index in [1.54, 1.807) is 18.2 Å². The van der Waals surface area contributed by atoms with Crippen molar-refractivity contribution in [1.29, 1.82) is 0 Å². The van der Waals surface area contributed by atoms with E-state index in [9.17, 15) is 19.7 Å². The summed E-state index contributed by atoms with van der Waals surface area (Å²) in [5.74, 6) is -0.657. The van der Waals surface area contributed by atoms with Gasteiger partial charge in [0.05, 0.1) is 4.92 Å². The Balaban J connectivity index is 2.23. The molecule has 0 saturated carbocycles. The zero-order chi connectivity index (χ0) is 17.7. The van der Waals surface area contributed by atoms with Gasteiger partial charge >= 0.3 is 6.03 Å². The molecule has 2 aromatic rings. The van der Waals surface area contributed by atoms with E-state index in [-0.39, 0.29) is 16.3 Å². The highest BCUT2D eigenvalue weighted by atomic mass is 35.5. The first-order valence-corrected chi connectivity index (χ1v) is 7.12. The molecule has 0 aliphatic carbocycles. The molecule has 124 valence electrons. The third-order valence-corrected chi connectivity index (χ3v) is 3.24. The highest BCUT2D eigenvalue weighted by Gasteiger charge is 2.20. The maximum atomic E-state index is 12.3. The molecule has 0 heterocycles. The lowest BCUT2D eigenvalue weighted by Crippen LogP contribution is -2.24. The van der Waals surface area contributed by atoms with Crippen LogP contribution in [0.1, 0.15) is 10.4 Å². The van der Waals surface area contributed by atoms with Crippen LogP contribution in [0.4, 0.5) is 21.9 Å². The average molecular weight is 349 g/mol. The largest absolute Gasteiger partial charge is 0.341 e. The minimum atomic E-state index is -0.676. The standard InChI is InChI=1S/C15H13ClN4O4/c1-17-15(22)19-11-4-2-3-10(8-11)18-14(21)12-6-5-9(16)7-13(12)20(23)24/h2-8H,1H3,(H,18,21)(H2,17,19,22). The molecule has 3 amide bonds. The van der Waals surface area contributed by atoms with E-state index in [1.165, 1.54) is 25.2 Å². The molecule has 0 aliphatic rings. The number of benzene rings is 2. The number of nitrogens with one attached hydrogen (secondary N) is 3. The molecule has 3 N–H and O–H groups in total. The predicted molar refractivity (Wildman–Crippen MR) is 90.6 cm³/mol. The summed E-state index contributed by atoms with van der Waals surface area (Å²) in [7, 11) is 1.47. The normalized spacial score (nSPS) is 9.92. The summed E-state index contributed by atoms with van der Waals surface area (Å²) in [4.78, 5) is 33.9. The molecule has 0 fully saturated rings. The lowest BCUT2D eigenvalue weighted by molar-refractivity contribution is -0.385. The summed E-state index contributed by atoms with van der Waals surface area (Å²) in [6.07, 6.45) is 0. The second-order valence-electron chi connectivity index (χ2n) is 4.66.